The number of methoxy groups -OCH3 is 1. The lowest BCUT2D eigenvalue weighted by atomic mass is 9.97. The first kappa shape index (κ1) is 14.4. The van der Waals surface area contributed by atoms with Crippen LogP contribution < -0.4 is 5.32 Å². The zero-order valence-electron chi connectivity index (χ0n) is 10.2. The predicted molar refractivity (Wildman–Crippen MR) is 59.6 cm³/mol. The first-order chi connectivity index (χ1) is 6.99. The quantitative estimate of drug-likeness (QED) is 0.623. The molecule has 0 rings (SSSR count). The lowest BCUT2D eigenvalue weighted by Crippen LogP contribution is -2.41. The number of aliphatic hydroxyl groups is 1. The second kappa shape index (κ2) is 6.80. The molecule has 4 nitrogen and oxygen atoms in total. The van der Waals surface area contributed by atoms with E-state index in [-0.39, 0.29) is 11.9 Å². The Kier molecular flexibility index (Phi) is 6.52. The Labute approximate surface area is 92.0 Å². The van der Waals surface area contributed by atoms with Crippen LogP contribution in [0.1, 0.15) is 33.6 Å². The lowest BCUT2D eigenvalue weighted by molar-refractivity contribution is -0.144. The van der Waals surface area contributed by atoms with E-state index in [0.29, 0.717) is 25.9 Å². The van der Waals surface area contributed by atoms with Gasteiger partial charge in [-0.1, -0.05) is 20.8 Å². The van der Waals surface area contributed by atoms with Crippen LogP contribution in [0.2, 0.25) is 0 Å². The highest BCUT2D eigenvalue weighted by Gasteiger charge is 2.22. The Morgan fingerprint density at radius 3 is 2.40 bits per heavy atom. The Hall–Kier alpha value is -0.610. The van der Waals surface area contributed by atoms with Gasteiger partial charge in [0.2, 0.25) is 0 Å². The summed E-state index contributed by atoms with van der Waals surface area (Å²) in [6, 6.07) is 0. The third-order valence-electron chi connectivity index (χ3n) is 2.82. The second-order valence-electron chi connectivity index (χ2n) is 3.99. The average Bonchev–Trinajstić information content (AvgIpc) is 2.27. The van der Waals surface area contributed by atoms with E-state index in [9.17, 15) is 9.90 Å². The SMILES string of the molecule is CCC(O)(CC)CNCC(C)C(=O)OC. The fourth-order valence-corrected chi connectivity index (χ4v) is 1.31. The minimum atomic E-state index is -0.657. The maximum Gasteiger partial charge on any atom is 0.309 e. The van der Waals surface area contributed by atoms with E-state index < -0.39 is 5.60 Å². The van der Waals surface area contributed by atoms with Crippen LogP contribution in [0, 0.1) is 5.92 Å². The van der Waals surface area contributed by atoms with E-state index in [0.717, 1.165) is 0 Å². The van der Waals surface area contributed by atoms with Crippen molar-refractivity contribution in [2.45, 2.75) is 39.2 Å². The van der Waals surface area contributed by atoms with E-state index in [1.165, 1.54) is 7.11 Å². The molecule has 0 saturated carbocycles. The fraction of sp³-hybridized carbons (Fsp3) is 0.909. The number of carbonyl (C=O) groups is 1. The summed E-state index contributed by atoms with van der Waals surface area (Å²) in [6.07, 6.45) is 1.42. The molecule has 0 amide bonds. The average molecular weight is 217 g/mol. The minimum absolute atomic E-state index is 0.173. The normalized spacial score (nSPS) is 13.7. The highest BCUT2D eigenvalue weighted by molar-refractivity contribution is 5.71. The molecule has 0 bridgehead atoms. The smallest absolute Gasteiger partial charge is 0.309 e. The Morgan fingerprint density at radius 2 is 2.00 bits per heavy atom. The molecule has 0 aromatic rings. The molecule has 0 aromatic heterocycles. The summed E-state index contributed by atoms with van der Waals surface area (Å²) in [5.41, 5.74) is -0.657. The molecule has 15 heavy (non-hydrogen) atoms. The van der Waals surface area contributed by atoms with Crippen molar-refractivity contribution in [1.29, 1.82) is 0 Å². The zero-order chi connectivity index (χ0) is 11.9. The number of rotatable bonds is 7. The maximum absolute atomic E-state index is 11.1. The fourth-order valence-electron chi connectivity index (χ4n) is 1.31. The van der Waals surface area contributed by atoms with Crippen LogP contribution in [0.4, 0.5) is 0 Å². The van der Waals surface area contributed by atoms with Gasteiger partial charge >= 0.3 is 5.97 Å². The van der Waals surface area contributed by atoms with Crippen LogP contribution in [0.3, 0.4) is 0 Å². The van der Waals surface area contributed by atoms with Gasteiger partial charge < -0.3 is 15.2 Å². The van der Waals surface area contributed by atoms with Gasteiger partial charge in [-0.05, 0) is 12.8 Å². The molecule has 0 saturated heterocycles. The van der Waals surface area contributed by atoms with Gasteiger partial charge in [-0.15, -0.1) is 0 Å². The largest absolute Gasteiger partial charge is 0.469 e. The van der Waals surface area contributed by atoms with E-state index in [1.807, 2.05) is 13.8 Å². The Bertz CT molecular complexity index is 190. The number of hydrogen-bond acceptors (Lipinski definition) is 4. The summed E-state index contributed by atoms with van der Waals surface area (Å²) in [7, 11) is 1.38. The van der Waals surface area contributed by atoms with Crippen LogP contribution in [0.15, 0.2) is 0 Å². The highest BCUT2D eigenvalue weighted by Crippen LogP contribution is 2.12. The standard InChI is InChI=1S/C11H23NO3/c1-5-11(14,6-2)8-12-7-9(3)10(13)15-4/h9,12,14H,5-8H2,1-4H3. The molecule has 0 radical (unpaired) electrons. The molecule has 0 heterocycles. The van der Waals surface area contributed by atoms with Gasteiger partial charge in [-0.2, -0.15) is 0 Å². The summed E-state index contributed by atoms with van der Waals surface area (Å²) in [5, 5.41) is 13.1. The zero-order valence-corrected chi connectivity index (χ0v) is 10.2. The van der Waals surface area contributed by atoms with Crippen molar-refractivity contribution < 1.29 is 14.6 Å². The predicted octanol–water partition coefficient (Wildman–Crippen LogP) is 0.936. The number of esters is 1. The maximum atomic E-state index is 11.1. The van der Waals surface area contributed by atoms with E-state index in [1.54, 1.807) is 6.92 Å². The molecule has 0 aliphatic heterocycles. The van der Waals surface area contributed by atoms with Crippen molar-refractivity contribution in [3.63, 3.8) is 0 Å². The number of carbonyl (C=O) groups excluding carboxylic acids is 1. The van der Waals surface area contributed by atoms with Crippen LogP contribution >= 0.6 is 0 Å². The summed E-state index contributed by atoms with van der Waals surface area (Å²) in [5.74, 6) is -0.396. The van der Waals surface area contributed by atoms with Gasteiger partial charge in [-0.25, -0.2) is 0 Å². The summed E-state index contributed by atoms with van der Waals surface area (Å²) in [4.78, 5) is 11.1. The molecule has 0 aliphatic carbocycles. The number of ether oxygens (including phenoxy) is 1. The minimum Gasteiger partial charge on any atom is -0.469 e. The number of nitrogens with one attached hydrogen (secondary N) is 1. The third kappa shape index (κ3) is 5.14. The third-order valence-corrected chi connectivity index (χ3v) is 2.82. The molecule has 0 spiro atoms. The summed E-state index contributed by atoms with van der Waals surface area (Å²) < 4.78 is 4.61. The first-order valence-electron chi connectivity index (χ1n) is 5.50. The summed E-state index contributed by atoms with van der Waals surface area (Å²) >= 11 is 0. The Morgan fingerprint density at radius 1 is 1.47 bits per heavy atom. The van der Waals surface area contributed by atoms with Crippen LogP contribution in [-0.2, 0) is 9.53 Å². The molecule has 90 valence electrons. The highest BCUT2D eigenvalue weighted by atomic mass is 16.5. The molecule has 1 atom stereocenters. The van der Waals surface area contributed by atoms with Crippen molar-refractivity contribution in [1.82, 2.24) is 5.32 Å². The second-order valence-corrected chi connectivity index (χ2v) is 3.99. The van der Waals surface area contributed by atoms with Gasteiger partial charge in [0.15, 0.2) is 0 Å². The molecule has 0 aromatic carbocycles. The molecule has 0 fully saturated rings. The van der Waals surface area contributed by atoms with Crippen LogP contribution in [0.25, 0.3) is 0 Å². The molecule has 2 N–H and O–H groups in total. The van der Waals surface area contributed by atoms with Crippen molar-refractivity contribution in [3.8, 4) is 0 Å². The first-order valence-corrected chi connectivity index (χ1v) is 5.50. The van der Waals surface area contributed by atoms with Gasteiger partial charge in [0.1, 0.15) is 0 Å². The van der Waals surface area contributed by atoms with Gasteiger partial charge in [0.05, 0.1) is 18.6 Å². The van der Waals surface area contributed by atoms with Crippen molar-refractivity contribution in [2.24, 2.45) is 5.92 Å². The topological polar surface area (TPSA) is 58.6 Å². The number of hydrogen-bond donors (Lipinski definition) is 2. The van der Waals surface area contributed by atoms with Gasteiger partial charge in [0.25, 0.3) is 0 Å². The molecular weight excluding hydrogens is 194 g/mol. The molecule has 1 unspecified atom stereocenters. The van der Waals surface area contributed by atoms with Crippen LogP contribution in [0.5, 0.6) is 0 Å². The van der Waals surface area contributed by atoms with Crippen molar-refractivity contribution in [3.05, 3.63) is 0 Å². The van der Waals surface area contributed by atoms with Crippen molar-refractivity contribution >= 4 is 5.97 Å². The van der Waals surface area contributed by atoms with Gasteiger partial charge in [-0.3, -0.25) is 4.79 Å². The van der Waals surface area contributed by atoms with Gasteiger partial charge in [0, 0.05) is 13.1 Å². The van der Waals surface area contributed by atoms with E-state index >= 15 is 0 Å². The molecule has 0 aliphatic rings. The Balaban J connectivity index is 3.83. The summed E-state index contributed by atoms with van der Waals surface area (Å²) in [6.45, 7) is 6.76. The van der Waals surface area contributed by atoms with Crippen LogP contribution in [-0.4, -0.2) is 36.9 Å². The van der Waals surface area contributed by atoms with E-state index in [2.05, 4.69) is 10.1 Å². The van der Waals surface area contributed by atoms with E-state index in [4.69, 9.17) is 0 Å². The monoisotopic (exact) mass is 217 g/mol. The van der Waals surface area contributed by atoms with Crippen molar-refractivity contribution in [2.75, 3.05) is 20.2 Å². The molecular formula is C11H23NO3. The lowest BCUT2D eigenvalue weighted by Gasteiger charge is -2.26. The molecule has 4 heteroatoms.